The van der Waals surface area contributed by atoms with E-state index in [0.717, 1.165) is 17.7 Å². The quantitative estimate of drug-likeness (QED) is 0.447. The molecule has 0 bridgehead atoms. The zero-order valence-electron chi connectivity index (χ0n) is 7.83. The number of fused-ring (bicyclic) bond motifs is 1. The molecule has 0 amide bonds. The molecule has 0 radical (unpaired) electrons. The van der Waals surface area contributed by atoms with Gasteiger partial charge in [-0.1, -0.05) is 24.6 Å². The molecule has 0 spiro atoms. The Bertz CT molecular complexity index is 355. The SMILES string of the molecule is Cc1ccc2c(c1)CC(C)C(=O)O2. The van der Waals surface area contributed by atoms with Crippen LogP contribution in [0.15, 0.2) is 18.2 Å². The molecule has 1 aromatic carbocycles. The molecular formula is C11H12O2. The maximum absolute atomic E-state index is 11.2. The highest BCUT2D eigenvalue weighted by atomic mass is 16.5. The van der Waals surface area contributed by atoms with Crippen LogP contribution in [0.1, 0.15) is 18.1 Å². The number of rotatable bonds is 0. The van der Waals surface area contributed by atoms with Crippen molar-refractivity contribution in [3.8, 4) is 5.75 Å². The van der Waals surface area contributed by atoms with Crippen LogP contribution in [-0.2, 0) is 11.2 Å². The summed E-state index contributed by atoms with van der Waals surface area (Å²) in [7, 11) is 0. The molecule has 2 rings (SSSR count). The second-order valence-electron chi connectivity index (χ2n) is 3.64. The molecule has 1 aliphatic heterocycles. The lowest BCUT2D eigenvalue weighted by molar-refractivity contribution is -0.139. The van der Waals surface area contributed by atoms with Gasteiger partial charge < -0.3 is 4.74 Å². The van der Waals surface area contributed by atoms with Gasteiger partial charge in [-0.3, -0.25) is 4.79 Å². The normalized spacial score (nSPS) is 20.8. The predicted molar refractivity (Wildman–Crippen MR) is 49.7 cm³/mol. The smallest absolute Gasteiger partial charge is 0.314 e. The van der Waals surface area contributed by atoms with Crippen LogP contribution >= 0.6 is 0 Å². The van der Waals surface area contributed by atoms with E-state index in [4.69, 9.17) is 4.74 Å². The summed E-state index contributed by atoms with van der Waals surface area (Å²) >= 11 is 0. The Morgan fingerprint density at radius 1 is 1.46 bits per heavy atom. The Balaban J connectivity index is 2.42. The van der Waals surface area contributed by atoms with Crippen molar-refractivity contribution in [3.05, 3.63) is 29.3 Å². The largest absolute Gasteiger partial charge is 0.426 e. The highest BCUT2D eigenvalue weighted by Crippen LogP contribution is 2.28. The average molecular weight is 176 g/mol. The first-order chi connectivity index (χ1) is 6.16. The molecule has 1 aliphatic rings. The van der Waals surface area contributed by atoms with Crippen LogP contribution in [0.5, 0.6) is 5.75 Å². The standard InChI is InChI=1S/C11H12O2/c1-7-3-4-10-9(5-7)6-8(2)11(12)13-10/h3-5,8H,6H2,1-2H3. The fraction of sp³-hybridized carbons (Fsp3) is 0.364. The lowest BCUT2D eigenvalue weighted by Crippen LogP contribution is -2.25. The minimum Gasteiger partial charge on any atom is -0.426 e. The summed E-state index contributed by atoms with van der Waals surface area (Å²) in [6.45, 7) is 3.94. The molecule has 68 valence electrons. The third-order valence-corrected chi connectivity index (χ3v) is 2.36. The van der Waals surface area contributed by atoms with Crippen molar-refractivity contribution in [2.75, 3.05) is 0 Å². The average Bonchev–Trinajstić information content (AvgIpc) is 2.08. The summed E-state index contributed by atoms with van der Waals surface area (Å²) in [5.74, 6) is 0.611. The van der Waals surface area contributed by atoms with E-state index in [1.807, 2.05) is 26.0 Å². The van der Waals surface area contributed by atoms with Gasteiger partial charge in [-0.25, -0.2) is 0 Å². The van der Waals surface area contributed by atoms with Crippen LogP contribution in [0.2, 0.25) is 0 Å². The van der Waals surface area contributed by atoms with Gasteiger partial charge in [0.15, 0.2) is 0 Å². The molecule has 0 aromatic heterocycles. The Morgan fingerprint density at radius 3 is 3.00 bits per heavy atom. The van der Waals surface area contributed by atoms with Crippen molar-refractivity contribution in [2.24, 2.45) is 5.92 Å². The Hall–Kier alpha value is -1.31. The molecule has 0 saturated heterocycles. The molecule has 1 unspecified atom stereocenters. The van der Waals surface area contributed by atoms with E-state index >= 15 is 0 Å². The molecule has 1 heterocycles. The van der Waals surface area contributed by atoms with Crippen molar-refractivity contribution >= 4 is 5.97 Å². The fourth-order valence-corrected chi connectivity index (χ4v) is 1.59. The zero-order valence-corrected chi connectivity index (χ0v) is 7.83. The molecule has 0 saturated carbocycles. The van der Waals surface area contributed by atoms with Crippen LogP contribution in [0.4, 0.5) is 0 Å². The van der Waals surface area contributed by atoms with Crippen molar-refractivity contribution in [1.29, 1.82) is 0 Å². The summed E-state index contributed by atoms with van der Waals surface area (Å²) in [5.41, 5.74) is 2.36. The number of ether oxygens (including phenoxy) is 1. The van der Waals surface area contributed by atoms with Crippen molar-refractivity contribution in [1.82, 2.24) is 0 Å². The second kappa shape index (κ2) is 2.87. The summed E-state index contributed by atoms with van der Waals surface area (Å²) in [5, 5.41) is 0. The van der Waals surface area contributed by atoms with Crippen molar-refractivity contribution < 1.29 is 9.53 Å². The summed E-state index contributed by atoms with van der Waals surface area (Å²) < 4.78 is 5.16. The highest BCUT2D eigenvalue weighted by Gasteiger charge is 2.24. The number of hydrogen-bond donors (Lipinski definition) is 0. The molecule has 2 heteroatoms. The topological polar surface area (TPSA) is 26.3 Å². The summed E-state index contributed by atoms with van der Waals surface area (Å²) in [6.07, 6.45) is 0.801. The number of aryl methyl sites for hydroxylation is 1. The summed E-state index contributed by atoms with van der Waals surface area (Å²) in [4.78, 5) is 11.2. The first-order valence-electron chi connectivity index (χ1n) is 4.48. The van der Waals surface area contributed by atoms with E-state index in [9.17, 15) is 4.79 Å². The van der Waals surface area contributed by atoms with Gasteiger partial charge in [-0.2, -0.15) is 0 Å². The summed E-state index contributed by atoms with van der Waals surface area (Å²) in [6, 6.07) is 5.91. The minimum atomic E-state index is -0.114. The van der Waals surface area contributed by atoms with Gasteiger partial charge in [-0.15, -0.1) is 0 Å². The maximum Gasteiger partial charge on any atom is 0.314 e. The van der Waals surface area contributed by atoms with Crippen LogP contribution in [0.3, 0.4) is 0 Å². The lowest BCUT2D eigenvalue weighted by Gasteiger charge is -2.20. The van der Waals surface area contributed by atoms with Gasteiger partial charge in [0.25, 0.3) is 0 Å². The van der Waals surface area contributed by atoms with Gasteiger partial charge in [-0.05, 0) is 25.0 Å². The third-order valence-electron chi connectivity index (χ3n) is 2.36. The van der Waals surface area contributed by atoms with E-state index in [1.54, 1.807) is 0 Å². The van der Waals surface area contributed by atoms with Crippen LogP contribution in [0, 0.1) is 12.8 Å². The second-order valence-corrected chi connectivity index (χ2v) is 3.64. The number of carbonyl (C=O) groups is 1. The minimum absolute atomic E-state index is 0.00528. The number of benzene rings is 1. The lowest BCUT2D eigenvalue weighted by atomic mass is 9.96. The third kappa shape index (κ3) is 1.44. The van der Waals surface area contributed by atoms with Crippen LogP contribution < -0.4 is 4.74 Å². The molecule has 2 nitrogen and oxygen atoms in total. The van der Waals surface area contributed by atoms with E-state index in [1.165, 1.54) is 5.56 Å². The van der Waals surface area contributed by atoms with Crippen molar-refractivity contribution in [2.45, 2.75) is 20.3 Å². The Morgan fingerprint density at radius 2 is 2.23 bits per heavy atom. The van der Waals surface area contributed by atoms with Gasteiger partial charge in [0.1, 0.15) is 5.75 Å². The molecule has 13 heavy (non-hydrogen) atoms. The predicted octanol–water partition coefficient (Wildman–Crippen LogP) is 2.09. The molecule has 1 aromatic rings. The monoisotopic (exact) mass is 176 g/mol. The number of hydrogen-bond acceptors (Lipinski definition) is 2. The van der Waals surface area contributed by atoms with Crippen LogP contribution in [-0.4, -0.2) is 5.97 Å². The molecule has 0 aliphatic carbocycles. The van der Waals surface area contributed by atoms with Gasteiger partial charge in [0, 0.05) is 0 Å². The van der Waals surface area contributed by atoms with E-state index < -0.39 is 0 Å². The molecule has 0 N–H and O–H groups in total. The fourth-order valence-electron chi connectivity index (χ4n) is 1.59. The molecule has 0 fully saturated rings. The Labute approximate surface area is 77.5 Å². The van der Waals surface area contributed by atoms with Gasteiger partial charge in [0.2, 0.25) is 0 Å². The maximum atomic E-state index is 11.2. The zero-order chi connectivity index (χ0) is 9.42. The first-order valence-corrected chi connectivity index (χ1v) is 4.48. The first kappa shape index (κ1) is 8.30. The van der Waals surface area contributed by atoms with Crippen LogP contribution in [0.25, 0.3) is 0 Å². The van der Waals surface area contributed by atoms with E-state index in [-0.39, 0.29) is 11.9 Å². The number of carbonyl (C=O) groups excluding carboxylic acids is 1. The van der Waals surface area contributed by atoms with Gasteiger partial charge >= 0.3 is 5.97 Å². The van der Waals surface area contributed by atoms with E-state index in [2.05, 4.69) is 6.07 Å². The van der Waals surface area contributed by atoms with Crippen molar-refractivity contribution in [3.63, 3.8) is 0 Å². The Kier molecular flexibility index (Phi) is 1.83. The molecular weight excluding hydrogens is 164 g/mol. The van der Waals surface area contributed by atoms with E-state index in [0.29, 0.717) is 0 Å². The number of esters is 1. The van der Waals surface area contributed by atoms with Gasteiger partial charge in [0.05, 0.1) is 5.92 Å². The highest BCUT2D eigenvalue weighted by molar-refractivity contribution is 5.77. The molecule has 1 atom stereocenters.